The number of nitrogens with zero attached hydrogens (tertiary/aromatic N) is 1. The highest BCUT2D eigenvalue weighted by molar-refractivity contribution is 7.07. The maximum Gasteiger partial charge on any atom is 0.249 e. The second-order valence-corrected chi connectivity index (χ2v) is 6.22. The van der Waals surface area contributed by atoms with Crippen LogP contribution in [0.5, 0.6) is 0 Å². The van der Waals surface area contributed by atoms with Gasteiger partial charge in [-0.3, -0.25) is 4.79 Å². The number of nitrogens with two attached hydrogens (primary N) is 1. The predicted molar refractivity (Wildman–Crippen MR) is 91.3 cm³/mol. The molecule has 0 atom stereocenters. The van der Waals surface area contributed by atoms with E-state index in [4.69, 9.17) is 5.73 Å². The Balaban J connectivity index is 2.11. The number of thiophene rings is 1. The van der Waals surface area contributed by atoms with Gasteiger partial charge in [-0.15, -0.1) is 0 Å². The number of halogens is 1. The molecule has 0 saturated carbocycles. The van der Waals surface area contributed by atoms with E-state index < -0.39 is 5.91 Å². The number of benzene rings is 2. The van der Waals surface area contributed by atoms with Crippen molar-refractivity contribution < 1.29 is 9.18 Å². The summed E-state index contributed by atoms with van der Waals surface area (Å²) in [5.74, 6) is -0.833. The minimum Gasteiger partial charge on any atom is -0.366 e. The fourth-order valence-corrected chi connectivity index (χ4v) is 3.72. The van der Waals surface area contributed by atoms with Crippen molar-refractivity contribution in [3.8, 4) is 0 Å². The van der Waals surface area contributed by atoms with E-state index in [1.54, 1.807) is 23.5 Å². The Hall–Kier alpha value is -2.66. The molecule has 0 unspecified atom stereocenters. The van der Waals surface area contributed by atoms with E-state index in [1.165, 1.54) is 17.7 Å². The lowest BCUT2D eigenvalue weighted by atomic mass is 10.1. The summed E-state index contributed by atoms with van der Waals surface area (Å²) in [6.07, 6.45) is 0. The van der Waals surface area contributed by atoms with Crippen LogP contribution in [0.2, 0.25) is 0 Å². The fourth-order valence-electron chi connectivity index (χ4n) is 3.06. The number of aromatic nitrogens is 1. The molecule has 2 aromatic carbocycles. The van der Waals surface area contributed by atoms with Crippen molar-refractivity contribution in [1.29, 1.82) is 0 Å². The quantitative estimate of drug-likeness (QED) is 0.605. The van der Waals surface area contributed by atoms with Gasteiger partial charge in [0.15, 0.2) is 0 Å². The van der Waals surface area contributed by atoms with E-state index in [1.807, 2.05) is 17.5 Å². The first-order valence-corrected chi connectivity index (χ1v) is 8.11. The lowest BCUT2D eigenvalue weighted by Gasteiger charge is -2.06. The molecule has 0 spiro atoms. The van der Waals surface area contributed by atoms with Gasteiger partial charge in [-0.25, -0.2) is 4.39 Å². The van der Waals surface area contributed by atoms with Crippen LogP contribution in [-0.4, -0.2) is 10.5 Å². The van der Waals surface area contributed by atoms with Crippen molar-refractivity contribution >= 4 is 39.0 Å². The van der Waals surface area contributed by atoms with E-state index >= 15 is 0 Å². The molecule has 0 bridgehead atoms. The lowest BCUT2D eigenvalue weighted by molar-refractivity contribution is 0.100. The van der Waals surface area contributed by atoms with Crippen LogP contribution < -0.4 is 5.73 Å². The molecule has 2 heterocycles. The average Bonchev–Trinajstić information content (AvgIpc) is 3.14. The largest absolute Gasteiger partial charge is 0.366 e. The number of carbonyl (C=O) groups is 1. The smallest absolute Gasteiger partial charge is 0.249 e. The van der Waals surface area contributed by atoms with Crippen molar-refractivity contribution in [3.05, 3.63) is 70.2 Å². The van der Waals surface area contributed by atoms with Gasteiger partial charge in [0.05, 0.1) is 5.52 Å². The molecule has 23 heavy (non-hydrogen) atoms. The molecule has 0 saturated heterocycles. The van der Waals surface area contributed by atoms with Gasteiger partial charge in [0.2, 0.25) is 5.91 Å². The van der Waals surface area contributed by atoms with E-state index in [-0.39, 0.29) is 5.82 Å². The number of hydrogen-bond donors (Lipinski definition) is 1. The van der Waals surface area contributed by atoms with E-state index in [2.05, 4.69) is 16.0 Å². The first kappa shape index (κ1) is 14.0. The zero-order valence-corrected chi connectivity index (χ0v) is 12.9. The van der Waals surface area contributed by atoms with Gasteiger partial charge in [-0.05, 0) is 52.7 Å². The highest BCUT2D eigenvalue weighted by Gasteiger charge is 2.17. The maximum atomic E-state index is 13.8. The van der Waals surface area contributed by atoms with E-state index in [0.29, 0.717) is 22.9 Å². The van der Waals surface area contributed by atoms with Crippen LogP contribution in [0, 0.1) is 5.82 Å². The van der Waals surface area contributed by atoms with Crippen LogP contribution in [0.15, 0.2) is 53.2 Å². The zero-order chi connectivity index (χ0) is 16.0. The third kappa shape index (κ3) is 2.21. The van der Waals surface area contributed by atoms with Crippen molar-refractivity contribution in [2.75, 3.05) is 0 Å². The Kier molecular flexibility index (Phi) is 3.16. The molecule has 4 rings (SSSR count). The number of fused-ring (bicyclic) bond motifs is 3. The summed E-state index contributed by atoms with van der Waals surface area (Å²) in [4.78, 5) is 11.8. The SMILES string of the molecule is NC(=O)c1cccc2c1c1cc(F)ccc1n2Cc1ccsc1. The molecule has 4 aromatic rings. The molecule has 0 radical (unpaired) electrons. The summed E-state index contributed by atoms with van der Waals surface area (Å²) in [7, 11) is 0. The average molecular weight is 324 g/mol. The second-order valence-electron chi connectivity index (χ2n) is 5.44. The number of rotatable bonds is 3. The molecule has 0 aliphatic rings. The van der Waals surface area contributed by atoms with Crippen LogP contribution in [-0.2, 0) is 6.54 Å². The Labute approximate surface area is 135 Å². The summed E-state index contributed by atoms with van der Waals surface area (Å²) in [6.45, 7) is 0.664. The molecule has 1 amide bonds. The molecule has 0 aliphatic carbocycles. The van der Waals surface area contributed by atoms with Crippen molar-refractivity contribution in [1.82, 2.24) is 4.57 Å². The number of primary amides is 1. The van der Waals surface area contributed by atoms with Crippen molar-refractivity contribution in [2.45, 2.75) is 6.54 Å². The molecule has 2 aromatic heterocycles. The normalized spacial score (nSPS) is 11.3. The van der Waals surface area contributed by atoms with E-state index in [9.17, 15) is 9.18 Å². The summed E-state index contributed by atoms with van der Waals surface area (Å²) < 4.78 is 15.9. The third-order valence-corrected chi connectivity index (χ3v) is 4.77. The molecule has 2 N–H and O–H groups in total. The highest BCUT2D eigenvalue weighted by atomic mass is 32.1. The number of hydrogen-bond acceptors (Lipinski definition) is 2. The standard InChI is InChI=1S/C18H13FN2OS/c19-12-4-5-15-14(8-12)17-13(18(20)22)2-1-3-16(17)21(15)9-11-6-7-23-10-11/h1-8,10H,9H2,(H2,20,22). The van der Waals surface area contributed by atoms with Crippen LogP contribution in [0.1, 0.15) is 15.9 Å². The van der Waals surface area contributed by atoms with Gasteiger partial charge in [0, 0.05) is 28.4 Å². The molecular weight excluding hydrogens is 311 g/mol. The first-order valence-electron chi connectivity index (χ1n) is 7.16. The summed E-state index contributed by atoms with van der Waals surface area (Å²) in [5, 5.41) is 5.53. The maximum absolute atomic E-state index is 13.8. The molecule has 114 valence electrons. The Morgan fingerprint density at radius 2 is 2.04 bits per heavy atom. The second kappa shape index (κ2) is 5.21. The summed E-state index contributed by atoms with van der Waals surface area (Å²) in [5.41, 5.74) is 8.87. The van der Waals surface area contributed by atoms with Crippen LogP contribution in [0.25, 0.3) is 21.8 Å². The fraction of sp³-hybridized carbons (Fsp3) is 0.0556. The lowest BCUT2D eigenvalue weighted by Crippen LogP contribution is -2.11. The predicted octanol–water partition coefficient (Wildman–Crippen LogP) is 4.14. The van der Waals surface area contributed by atoms with Crippen molar-refractivity contribution in [3.63, 3.8) is 0 Å². The van der Waals surface area contributed by atoms with Gasteiger partial charge >= 0.3 is 0 Å². The molecule has 5 heteroatoms. The molecular formula is C18H13FN2OS. The van der Waals surface area contributed by atoms with Crippen LogP contribution >= 0.6 is 11.3 Å². The Morgan fingerprint density at radius 1 is 1.17 bits per heavy atom. The highest BCUT2D eigenvalue weighted by Crippen LogP contribution is 2.32. The number of amides is 1. The Morgan fingerprint density at radius 3 is 2.78 bits per heavy atom. The molecule has 3 nitrogen and oxygen atoms in total. The first-order chi connectivity index (χ1) is 11.1. The van der Waals surface area contributed by atoms with E-state index in [0.717, 1.165) is 11.0 Å². The minimum atomic E-state index is -0.505. The summed E-state index contributed by atoms with van der Waals surface area (Å²) in [6, 6.07) is 12.1. The van der Waals surface area contributed by atoms with Gasteiger partial charge in [0.1, 0.15) is 5.82 Å². The third-order valence-electron chi connectivity index (χ3n) is 4.04. The van der Waals surface area contributed by atoms with Gasteiger partial charge < -0.3 is 10.3 Å². The summed E-state index contributed by atoms with van der Waals surface area (Å²) >= 11 is 1.64. The monoisotopic (exact) mass is 324 g/mol. The minimum absolute atomic E-state index is 0.327. The zero-order valence-electron chi connectivity index (χ0n) is 12.1. The van der Waals surface area contributed by atoms with Gasteiger partial charge in [-0.2, -0.15) is 11.3 Å². The molecule has 0 fully saturated rings. The van der Waals surface area contributed by atoms with Gasteiger partial charge in [0.25, 0.3) is 0 Å². The van der Waals surface area contributed by atoms with Crippen LogP contribution in [0.4, 0.5) is 4.39 Å². The van der Waals surface area contributed by atoms with Gasteiger partial charge in [-0.1, -0.05) is 6.07 Å². The Bertz CT molecular complexity index is 1030. The molecule has 0 aliphatic heterocycles. The van der Waals surface area contributed by atoms with Crippen LogP contribution in [0.3, 0.4) is 0 Å². The number of carbonyl (C=O) groups excluding carboxylic acids is 1. The van der Waals surface area contributed by atoms with Crippen molar-refractivity contribution in [2.24, 2.45) is 5.73 Å². The topological polar surface area (TPSA) is 48.0 Å².